The van der Waals surface area contributed by atoms with E-state index in [4.69, 9.17) is 15.2 Å². The van der Waals surface area contributed by atoms with Crippen LogP contribution < -0.4 is 20.5 Å². The van der Waals surface area contributed by atoms with E-state index in [9.17, 15) is 0 Å². The van der Waals surface area contributed by atoms with Crippen LogP contribution in [0.3, 0.4) is 0 Å². The van der Waals surface area contributed by atoms with E-state index >= 15 is 0 Å². The Morgan fingerprint density at radius 2 is 1.85 bits per heavy atom. The van der Waals surface area contributed by atoms with Crippen LogP contribution in [-0.4, -0.2) is 19.2 Å². The third-order valence-corrected chi connectivity index (χ3v) is 4.60. The first-order valence-corrected chi connectivity index (χ1v) is 9.11. The second-order valence-corrected chi connectivity index (χ2v) is 6.69. The van der Waals surface area contributed by atoms with Gasteiger partial charge in [0.25, 0.3) is 0 Å². The van der Waals surface area contributed by atoms with Crippen LogP contribution in [-0.2, 0) is 6.54 Å². The van der Waals surface area contributed by atoms with Crippen molar-refractivity contribution in [2.24, 2.45) is 10.7 Å². The number of ether oxygens (including phenoxy) is 2. The minimum absolute atomic E-state index is 0. The standard InChI is InChI=1S/C21H27N3O2.HI/c1-15-7-8-16(20(13-15)26-19-5-3-4-6-19)14-23-21(22)24-17-9-11-18(25-2)12-10-17;/h7-13,19H,3-6,14H2,1-2H3,(H3,22,23,24);1H. The zero-order valence-electron chi connectivity index (χ0n) is 15.9. The Labute approximate surface area is 178 Å². The molecule has 1 aliphatic rings. The number of aryl methyl sites for hydroxylation is 1. The predicted octanol–water partition coefficient (Wildman–Crippen LogP) is 4.87. The number of hydrogen-bond acceptors (Lipinski definition) is 3. The number of benzene rings is 2. The maximum absolute atomic E-state index is 6.22. The number of nitrogens with two attached hydrogens (primary N) is 1. The Balaban J connectivity index is 0.00000261. The Bertz CT molecular complexity index is 757. The van der Waals surface area contributed by atoms with Crippen LogP contribution in [0.15, 0.2) is 47.5 Å². The molecule has 0 aromatic heterocycles. The number of aliphatic imine (C=N–C) groups is 1. The van der Waals surface area contributed by atoms with Gasteiger partial charge in [0.15, 0.2) is 5.96 Å². The van der Waals surface area contributed by atoms with Crippen LogP contribution >= 0.6 is 24.0 Å². The maximum atomic E-state index is 6.22. The Morgan fingerprint density at radius 1 is 1.15 bits per heavy atom. The van der Waals surface area contributed by atoms with Gasteiger partial charge in [0, 0.05) is 11.3 Å². The SMILES string of the molecule is COc1ccc(NC(N)=NCc2ccc(C)cc2OC2CCCC2)cc1.I. The average Bonchev–Trinajstić information content (AvgIpc) is 3.15. The van der Waals surface area contributed by atoms with Gasteiger partial charge >= 0.3 is 0 Å². The van der Waals surface area contributed by atoms with E-state index in [2.05, 4.69) is 35.4 Å². The van der Waals surface area contributed by atoms with E-state index in [1.54, 1.807) is 7.11 Å². The first-order chi connectivity index (χ1) is 12.6. The van der Waals surface area contributed by atoms with Gasteiger partial charge in [-0.05, 0) is 68.5 Å². The van der Waals surface area contributed by atoms with Crippen molar-refractivity contribution in [2.45, 2.75) is 45.3 Å². The van der Waals surface area contributed by atoms with Crippen molar-refractivity contribution >= 4 is 35.6 Å². The van der Waals surface area contributed by atoms with E-state index in [-0.39, 0.29) is 24.0 Å². The van der Waals surface area contributed by atoms with Crippen LogP contribution in [0.5, 0.6) is 11.5 Å². The molecule has 3 N–H and O–H groups in total. The van der Waals surface area contributed by atoms with Crippen molar-refractivity contribution in [3.63, 3.8) is 0 Å². The molecule has 27 heavy (non-hydrogen) atoms. The highest BCUT2D eigenvalue weighted by atomic mass is 127. The Kier molecular flexibility index (Phi) is 8.22. The van der Waals surface area contributed by atoms with Crippen LogP contribution in [0, 0.1) is 6.92 Å². The van der Waals surface area contributed by atoms with Gasteiger partial charge < -0.3 is 20.5 Å². The first-order valence-electron chi connectivity index (χ1n) is 9.11. The van der Waals surface area contributed by atoms with Gasteiger partial charge in [0.2, 0.25) is 0 Å². The van der Waals surface area contributed by atoms with E-state index in [1.807, 2.05) is 24.3 Å². The molecule has 1 aliphatic carbocycles. The van der Waals surface area contributed by atoms with Gasteiger partial charge in [0.1, 0.15) is 11.5 Å². The molecule has 146 valence electrons. The molecule has 6 heteroatoms. The largest absolute Gasteiger partial charge is 0.497 e. The lowest BCUT2D eigenvalue weighted by Crippen LogP contribution is -2.22. The normalized spacial score (nSPS) is 14.5. The molecule has 0 amide bonds. The third kappa shape index (κ3) is 6.30. The number of anilines is 1. The first kappa shape index (κ1) is 21.3. The van der Waals surface area contributed by atoms with Crippen LogP contribution in [0.25, 0.3) is 0 Å². The number of halogens is 1. The number of nitrogens with zero attached hydrogens (tertiary/aromatic N) is 1. The molecule has 0 atom stereocenters. The second kappa shape index (κ2) is 10.4. The van der Waals surface area contributed by atoms with E-state index in [0.717, 1.165) is 35.6 Å². The van der Waals surface area contributed by atoms with Crippen LogP contribution in [0.1, 0.15) is 36.8 Å². The van der Waals surface area contributed by atoms with Gasteiger partial charge in [0.05, 0.1) is 19.8 Å². The van der Waals surface area contributed by atoms with Crippen molar-refractivity contribution < 1.29 is 9.47 Å². The van der Waals surface area contributed by atoms with Crippen molar-refractivity contribution in [1.82, 2.24) is 0 Å². The fourth-order valence-electron chi connectivity index (χ4n) is 3.12. The minimum atomic E-state index is 0. The van der Waals surface area contributed by atoms with Gasteiger partial charge in [-0.15, -0.1) is 24.0 Å². The van der Waals surface area contributed by atoms with Gasteiger partial charge in [-0.1, -0.05) is 12.1 Å². The van der Waals surface area contributed by atoms with E-state index < -0.39 is 0 Å². The smallest absolute Gasteiger partial charge is 0.193 e. The molecule has 0 unspecified atom stereocenters. The van der Waals surface area contributed by atoms with Gasteiger partial charge in [-0.2, -0.15) is 0 Å². The van der Waals surface area contributed by atoms with E-state index in [0.29, 0.717) is 18.6 Å². The van der Waals surface area contributed by atoms with Crippen LogP contribution in [0.4, 0.5) is 5.69 Å². The van der Waals surface area contributed by atoms with Crippen molar-refractivity contribution in [3.05, 3.63) is 53.6 Å². The van der Waals surface area contributed by atoms with Crippen molar-refractivity contribution in [3.8, 4) is 11.5 Å². The lowest BCUT2D eigenvalue weighted by molar-refractivity contribution is 0.208. The second-order valence-electron chi connectivity index (χ2n) is 6.69. The number of rotatable bonds is 6. The Morgan fingerprint density at radius 3 is 2.52 bits per heavy atom. The summed E-state index contributed by atoms with van der Waals surface area (Å²) in [6, 6.07) is 13.8. The highest BCUT2D eigenvalue weighted by Gasteiger charge is 2.18. The number of methoxy groups -OCH3 is 1. The zero-order valence-corrected chi connectivity index (χ0v) is 18.2. The summed E-state index contributed by atoms with van der Waals surface area (Å²) in [4.78, 5) is 4.47. The summed E-state index contributed by atoms with van der Waals surface area (Å²) >= 11 is 0. The Hall–Kier alpha value is -1.96. The lowest BCUT2D eigenvalue weighted by Gasteiger charge is -2.16. The number of guanidine groups is 1. The molecule has 0 heterocycles. The molecule has 1 fully saturated rings. The molecule has 0 saturated heterocycles. The van der Waals surface area contributed by atoms with Crippen LogP contribution in [0.2, 0.25) is 0 Å². The summed E-state index contributed by atoms with van der Waals surface area (Å²) in [5.41, 5.74) is 9.16. The summed E-state index contributed by atoms with van der Waals surface area (Å²) in [5, 5.41) is 3.10. The number of nitrogens with one attached hydrogen (secondary N) is 1. The van der Waals surface area contributed by atoms with E-state index in [1.165, 1.54) is 18.4 Å². The molecule has 0 aliphatic heterocycles. The molecular formula is C21H28IN3O2. The number of hydrogen-bond donors (Lipinski definition) is 2. The quantitative estimate of drug-likeness (QED) is 0.351. The predicted molar refractivity (Wildman–Crippen MR) is 121 cm³/mol. The summed E-state index contributed by atoms with van der Waals surface area (Å²) in [6.07, 6.45) is 5.11. The molecule has 0 radical (unpaired) electrons. The summed E-state index contributed by atoms with van der Waals surface area (Å²) in [5.74, 6) is 2.11. The zero-order chi connectivity index (χ0) is 18.4. The topological polar surface area (TPSA) is 68.9 Å². The minimum Gasteiger partial charge on any atom is -0.497 e. The molecule has 0 spiro atoms. The highest BCUT2D eigenvalue weighted by molar-refractivity contribution is 14.0. The third-order valence-electron chi connectivity index (χ3n) is 4.60. The molecular weight excluding hydrogens is 453 g/mol. The van der Waals surface area contributed by atoms with Crippen molar-refractivity contribution in [2.75, 3.05) is 12.4 Å². The summed E-state index contributed by atoms with van der Waals surface area (Å²) in [6.45, 7) is 2.56. The molecule has 5 nitrogen and oxygen atoms in total. The summed E-state index contributed by atoms with van der Waals surface area (Å²) in [7, 11) is 1.64. The lowest BCUT2D eigenvalue weighted by atomic mass is 10.1. The maximum Gasteiger partial charge on any atom is 0.193 e. The average molecular weight is 481 g/mol. The molecule has 2 aromatic carbocycles. The molecule has 2 aromatic rings. The fraction of sp³-hybridized carbons (Fsp3) is 0.381. The molecule has 0 bridgehead atoms. The van der Waals surface area contributed by atoms with Crippen molar-refractivity contribution in [1.29, 1.82) is 0 Å². The monoisotopic (exact) mass is 481 g/mol. The highest BCUT2D eigenvalue weighted by Crippen LogP contribution is 2.28. The fourth-order valence-corrected chi connectivity index (χ4v) is 3.12. The summed E-state index contributed by atoms with van der Waals surface area (Å²) < 4.78 is 11.4. The molecule has 3 rings (SSSR count). The van der Waals surface area contributed by atoms with Gasteiger partial charge in [-0.25, -0.2) is 4.99 Å². The van der Waals surface area contributed by atoms with Gasteiger partial charge in [-0.3, -0.25) is 0 Å². The molecule has 1 saturated carbocycles.